The van der Waals surface area contributed by atoms with E-state index in [2.05, 4.69) is 4.74 Å². The normalized spacial score (nSPS) is 12.7. The van der Waals surface area contributed by atoms with Crippen molar-refractivity contribution < 1.29 is 54.1 Å². The van der Waals surface area contributed by atoms with Gasteiger partial charge >= 0.3 is 18.7 Å². The second kappa shape index (κ2) is 13.5. The van der Waals surface area contributed by atoms with Gasteiger partial charge in [0.05, 0.1) is 6.54 Å². The highest BCUT2D eigenvalue weighted by atomic mass is 19.4. The van der Waals surface area contributed by atoms with Gasteiger partial charge in [-0.25, -0.2) is 8.78 Å². The van der Waals surface area contributed by atoms with Crippen LogP contribution in [0.15, 0.2) is 91.0 Å². The Morgan fingerprint density at radius 3 is 2.07 bits per heavy atom. The average molecular weight is 630 g/mol. The van der Waals surface area contributed by atoms with Gasteiger partial charge < -0.3 is 19.5 Å². The van der Waals surface area contributed by atoms with Crippen LogP contribution in [-0.2, 0) is 13.0 Å². The van der Waals surface area contributed by atoms with Crippen LogP contribution in [0.25, 0.3) is 0 Å². The molecular formula is C31H24F9NO3. The summed E-state index contributed by atoms with van der Waals surface area (Å²) in [5.41, 5.74) is 1.22. The van der Waals surface area contributed by atoms with Crippen molar-refractivity contribution in [1.29, 1.82) is 0 Å². The lowest BCUT2D eigenvalue weighted by molar-refractivity contribution is -0.253. The van der Waals surface area contributed by atoms with Gasteiger partial charge in [-0.1, -0.05) is 36.4 Å². The number of benzene rings is 4. The van der Waals surface area contributed by atoms with Crippen molar-refractivity contribution in [2.45, 2.75) is 37.8 Å². The molecule has 0 aliphatic carbocycles. The average Bonchev–Trinajstić information content (AvgIpc) is 2.94. The SMILES string of the molecule is O[C@H](CN(c1cccc(OCc2cc(F)cc(F)c2)c1)c1ccccc1Cc1cccc(OC(F)(F)C(F)F)c1)C(F)(F)F. The zero-order valence-electron chi connectivity index (χ0n) is 22.5. The van der Waals surface area contributed by atoms with E-state index in [9.17, 15) is 44.6 Å². The van der Waals surface area contributed by atoms with Gasteiger partial charge in [0.2, 0.25) is 0 Å². The highest BCUT2D eigenvalue weighted by Crippen LogP contribution is 2.35. The molecule has 0 radical (unpaired) electrons. The van der Waals surface area contributed by atoms with Crippen LogP contribution in [0.2, 0.25) is 0 Å². The van der Waals surface area contributed by atoms with Crippen molar-refractivity contribution in [2.75, 3.05) is 11.4 Å². The number of halogens is 9. The summed E-state index contributed by atoms with van der Waals surface area (Å²) in [5.74, 6) is -2.04. The monoisotopic (exact) mass is 629 g/mol. The molecule has 4 aromatic rings. The maximum Gasteiger partial charge on any atom is 0.461 e. The van der Waals surface area contributed by atoms with Crippen LogP contribution in [0, 0.1) is 11.6 Å². The first kappa shape index (κ1) is 32.5. The van der Waals surface area contributed by atoms with E-state index in [-0.39, 0.29) is 35.7 Å². The van der Waals surface area contributed by atoms with Crippen molar-refractivity contribution in [3.8, 4) is 11.5 Å². The molecule has 4 rings (SSSR count). The van der Waals surface area contributed by atoms with E-state index in [1.54, 1.807) is 12.1 Å². The maximum absolute atomic E-state index is 13.6. The second-order valence-corrected chi connectivity index (χ2v) is 9.65. The fraction of sp³-hybridized carbons (Fsp3) is 0.226. The third-order valence-corrected chi connectivity index (χ3v) is 6.27. The fourth-order valence-electron chi connectivity index (χ4n) is 4.29. The Bertz CT molecular complexity index is 1540. The quantitative estimate of drug-likeness (QED) is 0.160. The Balaban J connectivity index is 1.66. The molecule has 0 saturated heterocycles. The van der Waals surface area contributed by atoms with Crippen LogP contribution in [0.4, 0.5) is 50.9 Å². The minimum absolute atomic E-state index is 0.0481. The number of ether oxygens (including phenoxy) is 2. The number of rotatable bonds is 12. The molecule has 44 heavy (non-hydrogen) atoms. The Hall–Kier alpha value is -4.39. The number of aliphatic hydroxyl groups is 1. The molecule has 4 nitrogen and oxygen atoms in total. The predicted octanol–water partition coefficient (Wildman–Crippen LogP) is 8.43. The minimum atomic E-state index is -4.98. The molecular weight excluding hydrogens is 605 g/mol. The summed E-state index contributed by atoms with van der Waals surface area (Å²) in [5, 5.41) is 10.0. The molecule has 0 amide bonds. The molecule has 0 heterocycles. The predicted molar refractivity (Wildman–Crippen MR) is 143 cm³/mol. The lowest BCUT2D eigenvalue weighted by Crippen LogP contribution is -2.39. The first-order chi connectivity index (χ1) is 20.7. The van der Waals surface area contributed by atoms with Gasteiger partial charge in [-0.2, -0.15) is 30.7 Å². The van der Waals surface area contributed by atoms with Gasteiger partial charge in [0.25, 0.3) is 0 Å². The summed E-state index contributed by atoms with van der Waals surface area (Å²) in [6.45, 7) is -1.22. The van der Waals surface area contributed by atoms with E-state index in [4.69, 9.17) is 4.74 Å². The molecule has 0 fully saturated rings. The van der Waals surface area contributed by atoms with Crippen LogP contribution < -0.4 is 14.4 Å². The molecule has 1 atom stereocenters. The third-order valence-electron chi connectivity index (χ3n) is 6.27. The first-order valence-electron chi connectivity index (χ1n) is 12.9. The molecule has 0 saturated carbocycles. The molecule has 0 unspecified atom stereocenters. The van der Waals surface area contributed by atoms with E-state index < -0.39 is 48.7 Å². The smallest absolute Gasteiger partial charge is 0.461 e. The number of para-hydroxylation sites is 1. The first-order valence-corrected chi connectivity index (χ1v) is 12.9. The van der Waals surface area contributed by atoms with E-state index in [0.29, 0.717) is 17.2 Å². The minimum Gasteiger partial charge on any atom is -0.489 e. The Kier molecular flexibility index (Phi) is 9.98. The van der Waals surface area contributed by atoms with Gasteiger partial charge in [0.1, 0.15) is 29.7 Å². The zero-order valence-corrected chi connectivity index (χ0v) is 22.5. The highest BCUT2D eigenvalue weighted by molar-refractivity contribution is 5.68. The Morgan fingerprint density at radius 1 is 0.727 bits per heavy atom. The highest BCUT2D eigenvalue weighted by Gasteiger charge is 2.44. The van der Waals surface area contributed by atoms with Crippen molar-refractivity contribution in [3.05, 3.63) is 119 Å². The summed E-state index contributed by atoms with van der Waals surface area (Å²) in [6, 6.07) is 19.7. The van der Waals surface area contributed by atoms with Gasteiger partial charge in [0.15, 0.2) is 6.10 Å². The van der Waals surface area contributed by atoms with Crippen molar-refractivity contribution in [3.63, 3.8) is 0 Å². The maximum atomic E-state index is 13.6. The van der Waals surface area contributed by atoms with Crippen LogP contribution in [0.3, 0.4) is 0 Å². The number of hydrogen-bond acceptors (Lipinski definition) is 4. The second-order valence-electron chi connectivity index (χ2n) is 9.65. The molecule has 0 aliphatic rings. The molecule has 0 bridgehead atoms. The molecule has 234 valence electrons. The molecule has 0 aliphatic heterocycles. The van der Waals surface area contributed by atoms with Crippen molar-refractivity contribution in [2.24, 2.45) is 0 Å². The lowest BCUT2D eigenvalue weighted by Gasteiger charge is -2.30. The van der Waals surface area contributed by atoms with Crippen molar-refractivity contribution >= 4 is 11.4 Å². The number of aliphatic hydroxyl groups excluding tert-OH is 1. The molecule has 0 aromatic heterocycles. The van der Waals surface area contributed by atoms with Gasteiger partial charge in [-0.05, 0) is 65.6 Å². The molecule has 0 spiro atoms. The van der Waals surface area contributed by atoms with Gasteiger partial charge in [-0.3, -0.25) is 0 Å². The number of anilines is 2. The zero-order chi connectivity index (χ0) is 32.1. The summed E-state index contributed by atoms with van der Waals surface area (Å²) in [6.07, 6.45) is -16.6. The molecule has 1 N–H and O–H groups in total. The van der Waals surface area contributed by atoms with Crippen molar-refractivity contribution in [1.82, 2.24) is 0 Å². The van der Waals surface area contributed by atoms with Crippen LogP contribution in [-0.4, -0.2) is 36.5 Å². The van der Waals surface area contributed by atoms with E-state index >= 15 is 0 Å². The Labute approximate surface area is 245 Å². The Morgan fingerprint density at radius 2 is 1.39 bits per heavy atom. The molecule has 4 aromatic carbocycles. The van der Waals surface area contributed by atoms with Gasteiger partial charge in [-0.15, -0.1) is 0 Å². The number of nitrogens with zero attached hydrogens (tertiary/aromatic N) is 1. The topological polar surface area (TPSA) is 41.9 Å². The summed E-state index contributed by atoms with van der Waals surface area (Å²) in [4.78, 5) is 1.17. The summed E-state index contributed by atoms with van der Waals surface area (Å²) in [7, 11) is 0. The van der Waals surface area contributed by atoms with E-state index in [1.165, 1.54) is 53.4 Å². The summed E-state index contributed by atoms with van der Waals surface area (Å²) < 4.78 is 129. The fourth-order valence-corrected chi connectivity index (χ4v) is 4.29. The van der Waals surface area contributed by atoms with E-state index in [0.717, 1.165) is 24.3 Å². The number of alkyl halides is 7. The lowest BCUT2D eigenvalue weighted by atomic mass is 10.0. The van der Waals surface area contributed by atoms with Crippen LogP contribution in [0.5, 0.6) is 11.5 Å². The van der Waals surface area contributed by atoms with Crippen LogP contribution in [0.1, 0.15) is 16.7 Å². The van der Waals surface area contributed by atoms with Gasteiger partial charge in [0, 0.05) is 23.5 Å². The number of hydrogen-bond donors (Lipinski definition) is 1. The largest absolute Gasteiger partial charge is 0.489 e. The molecule has 13 heteroatoms. The summed E-state index contributed by atoms with van der Waals surface area (Å²) >= 11 is 0. The standard InChI is InChI=1S/C31H24F9NO3/c32-22-12-20(13-23(33)15-22)18-43-25-8-4-7-24(16-25)41(17-28(42)30(36,37)38)27-10-2-1-6-21(27)11-19-5-3-9-26(14-19)44-31(39,40)29(34)35/h1-10,12-16,28-29,42H,11,17-18H2/t28-/m1/s1. The third kappa shape index (κ3) is 8.59. The van der Waals surface area contributed by atoms with Crippen LogP contribution >= 0.6 is 0 Å². The van der Waals surface area contributed by atoms with E-state index in [1.807, 2.05) is 0 Å².